The van der Waals surface area contributed by atoms with Gasteiger partial charge in [0, 0.05) is 25.8 Å². The second kappa shape index (κ2) is 14.1. The van der Waals surface area contributed by atoms with Crippen molar-refractivity contribution in [1.82, 2.24) is 5.32 Å². The number of ether oxygens (including phenoxy) is 1. The van der Waals surface area contributed by atoms with Crippen molar-refractivity contribution in [1.29, 1.82) is 0 Å². The van der Waals surface area contributed by atoms with Crippen LogP contribution in [0, 0.1) is 5.92 Å². The fraction of sp³-hybridized carbons (Fsp3) is 0.500. The van der Waals surface area contributed by atoms with Gasteiger partial charge in [0.25, 0.3) is 0 Å². The highest BCUT2D eigenvalue weighted by Crippen LogP contribution is 2.11. The summed E-state index contributed by atoms with van der Waals surface area (Å²) in [7, 11) is 1.33. The van der Waals surface area contributed by atoms with Crippen LogP contribution < -0.4 is 10.6 Å². The molecule has 0 aliphatic heterocycles. The summed E-state index contributed by atoms with van der Waals surface area (Å²) < 4.78 is 4.83. The van der Waals surface area contributed by atoms with Gasteiger partial charge in [0.15, 0.2) is 0 Å². The largest absolute Gasteiger partial charge is 0.478 e. The maximum atomic E-state index is 11.9. The first-order valence-corrected chi connectivity index (χ1v) is 8.96. The van der Waals surface area contributed by atoms with Gasteiger partial charge in [-0.2, -0.15) is 0 Å². The number of hydrogen-bond donors (Lipinski definition) is 3. The molecule has 0 aromatic heterocycles. The molecule has 0 radical (unpaired) electrons. The number of aliphatic carboxylic acids is 1. The molecule has 1 rings (SSSR count). The molecule has 0 bridgehead atoms. The maximum Gasteiger partial charge on any atom is 0.353 e. The van der Waals surface area contributed by atoms with Crippen LogP contribution in [0.15, 0.2) is 36.4 Å². The summed E-state index contributed by atoms with van der Waals surface area (Å²) >= 11 is 0. The van der Waals surface area contributed by atoms with Gasteiger partial charge in [-0.15, -0.1) is 12.4 Å². The normalized spacial score (nSPS) is 11.9. The van der Waals surface area contributed by atoms with Crippen molar-refractivity contribution in [2.75, 3.05) is 12.4 Å². The van der Waals surface area contributed by atoms with Crippen LogP contribution in [0.5, 0.6) is 0 Å². The number of amides is 1. The van der Waals surface area contributed by atoms with Crippen molar-refractivity contribution < 1.29 is 19.4 Å². The van der Waals surface area contributed by atoms with Gasteiger partial charge >= 0.3 is 5.97 Å². The third kappa shape index (κ3) is 11.3. The lowest BCUT2D eigenvalue weighted by molar-refractivity contribution is -0.146. The van der Waals surface area contributed by atoms with Gasteiger partial charge in [0.05, 0.1) is 0 Å². The number of carboxylic acids is 1. The number of benzene rings is 1. The Labute approximate surface area is 167 Å². The number of carbonyl (C=O) groups excluding carboxylic acids is 1. The Hall–Kier alpha value is -2.05. The van der Waals surface area contributed by atoms with Gasteiger partial charge in [-0.3, -0.25) is 4.79 Å². The van der Waals surface area contributed by atoms with Crippen LogP contribution in [0.1, 0.15) is 45.1 Å². The highest BCUT2D eigenvalue weighted by molar-refractivity contribution is 5.85. The van der Waals surface area contributed by atoms with E-state index in [1.807, 2.05) is 12.1 Å². The minimum absolute atomic E-state index is 0. The third-order valence-electron chi connectivity index (χ3n) is 3.75. The molecule has 0 saturated carbocycles. The average molecular weight is 399 g/mol. The SMILES string of the molecule is COC(Nc1ccc(CNC(=O)CCCC/C=C/C(C)C)cc1)C(=O)O.Cl. The molecular formula is C20H31ClN2O4. The van der Waals surface area contributed by atoms with E-state index in [9.17, 15) is 9.59 Å². The number of methoxy groups -OCH3 is 1. The van der Waals surface area contributed by atoms with Crippen LogP contribution in [0.4, 0.5) is 5.69 Å². The molecule has 1 aromatic carbocycles. The zero-order valence-corrected chi connectivity index (χ0v) is 17.1. The van der Waals surface area contributed by atoms with E-state index in [0.29, 0.717) is 24.6 Å². The molecule has 1 unspecified atom stereocenters. The van der Waals surface area contributed by atoms with E-state index in [-0.39, 0.29) is 18.3 Å². The van der Waals surface area contributed by atoms with Crippen LogP contribution >= 0.6 is 12.4 Å². The summed E-state index contributed by atoms with van der Waals surface area (Å²) in [5.74, 6) is -0.460. The number of carbonyl (C=O) groups is 2. The maximum absolute atomic E-state index is 11.9. The number of carboxylic acid groups (broad SMARTS) is 1. The second-order valence-corrected chi connectivity index (χ2v) is 6.49. The molecule has 0 aliphatic rings. The minimum atomic E-state index is -1.09. The lowest BCUT2D eigenvalue weighted by atomic mass is 10.1. The molecule has 1 amide bonds. The summed E-state index contributed by atoms with van der Waals surface area (Å²) in [4.78, 5) is 22.8. The van der Waals surface area contributed by atoms with E-state index in [4.69, 9.17) is 9.84 Å². The minimum Gasteiger partial charge on any atom is -0.478 e. The van der Waals surface area contributed by atoms with Crippen LogP contribution in [-0.4, -0.2) is 30.3 Å². The Balaban J connectivity index is 0.00000676. The number of nitrogens with one attached hydrogen (secondary N) is 2. The average Bonchev–Trinajstić information content (AvgIpc) is 2.61. The molecule has 0 saturated heterocycles. The summed E-state index contributed by atoms with van der Waals surface area (Å²) in [6.45, 7) is 4.75. The molecular weight excluding hydrogens is 368 g/mol. The number of hydrogen-bond acceptors (Lipinski definition) is 4. The van der Waals surface area contributed by atoms with Gasteiger partial charge in [-0.25, -0.2) is 4.79 Å². The van der Waals surface area contributed by atoms with E-state index >= 15 is 0 Å². The molecule has 7 heteroatoms. The zero-order chi connectivity index (χ0) is 19.4. The zero-order valence-electron chi connectivity index (χ0n) is 16.2. The summed E-state index contributed by atoms with van der Waals surface area (Å²) in [6.07, 6.45) is 6.71. The Morgan fingerprint density at radius 2 is 1.85 bits per heavy atom. The van der Waals surface area contributed by atoms with E-state index < -0.39 is 12.2 Å². The number of allylic oxidation sites excluding steroid dienone is 2. The number of anilines is 1. The fourth-order valence-corrected chi connectivity index (χ4v) is 2.30. The van der Waals surface area contributed by atoms with Crippen LogP contribution in [0.25, 0.3) is 0 Å². The van der Waals surface area contributed by atoms with E-state index in [2.05, 4.69) is 36.6 Å². The van der Waals surface area contributed by atoms with Crippen molar-refractivity contribution >= 4 is 30.0 Å². The van der Waals surface area contributed by atoms with Crippen molar-refractivity contribution in [3.8, 4) is 0 Å². The molecule has 152 valence electrons. The Kier molecular flexibility index (Phi) is 13.0. The first kappa shape index (κ1) is 24.9. The van der Waals surface area contributed by atoms with Crippen molar-refractivity contribution in [2.24, 2.45) is 5.92 Å². The number of halogens is 1. The highest BCUT2D eigenvalue weighted by Gasteiger charge is 2.15. The van der Waals surface area contributed by atoms with Crippen molar-refractivity contribution in [3.05, 3.63) is 42.0 Å². The predicted molar refractivity (Wildman–Crippen MR) is 110 cm³/mol. The van der Waals surface area contributed by atoms with Gasteiger partial charge in [-0.1, -0.05) is 38.1 Å². The van der Waals surface area contributed by atoms with Crippen LogP contribution in [0.2, 0.25) is 0 Å². The number of rotatable bonds is 12. The molecule has 0 heterocycles. The Morgan fingerprint density at radius 3 is 2.41 bits per heavy atom. The summed E-state index contributed by atoms with van der Waals surface area (Å²) in [6, 6.07) is 7.21. The quantitative estimate of drug-likeness (QED) is 0.282. The molecule has 3 N–H and O–H groups in total. The second-order valence-electron chi connectivity index (χ2n) is 6.49. The lowest BCUT2D eigenvalue weighted by Crippen LogP contribution is -2.30. The van der Waals surface area contributed by atoms with Crippen molar-refractivity contribution in [3.63, 3.8) is 0 Å². The van der Waals surface area contributed by atoms with E-state index in [1.165, 1.54) is 7.11 Å². The highest BCUT2D eigenvalue weighted by atomic mass is 35.5. The standard InChI is InChI=1S/C20H30N2O4.ClH/c1-15(2)8-6-4-5-7-9-18(23)21-14-16-10-12-17(13-11-16)22-19(26-3)20(24)25;/h6,8,10-13,15,19,22H,4-5,7,9,14H2,1-3H3,(H,21,23)(H,24,25);1H/b8-6+;. The molecule has 1 atom stereocenters. The smallest absolute Gasteiger partial charge is 0.353 e. The Morgan fingerprint density at radius 1 is 1.19 bits per heavy atom. The molecule has 27 heavy (non-hydrogen) atoms. The summed E-state index contributed by atoms with van der Waals surface area (Å²) in [5, 5.41) is 14.6. The molecule has 1 aromatic rings. The first-order chi connectivity index (χ1) is 12.4. The molecule has 0 aliphatic carbocycles. The van der Waals surface area contributed by atoms with Crippen LogP contribution in [-0.2, 0) is 20.9 Å². The number of unbranched alkanes of at least 4 members (excludes halogenated alkanes) is 2. The molecule has 6 nitrogen and oxygen atoms in total. The van der Waals surface area contributed by atoms with Gasteiger partial charge < -0.3 is 20.5 Å². The monoisotopic (exact) mass is 398 g/mol. The summed E-state index contributed by atoms with van der Waals surface area (Å²) in [5.41, 5.74) is 1.59. The van der Waals surface area contributed by atoms with Crippen molar-refractivity contribution in [2.45, 2.75) is 52.3 Å². The molecule has 0 fully saturated rings. The topological polar surface area (TPSA) is 87.7 Å². The molecule has 0 spiro atoms. The van der Waals surface area contributed by atoms with Gasteiger partial charge in [0.2, 0.25) is 12.1 Å². The van der Waals surface area contributed by atoms with Crippen LogP contribution in [0.3, 0.4) is 0 Å². The predicted octanol–water partition coefficient (Wildman–Crippen LogP) is 3.97. The van der Waals surface area contributed by atoms with E-state index in [0.717, 1.165) is 24.8 Å². The van der Waals surface area contributed by atoms with Gasteiger partial charge in [0.1, 0.15) is 0 Å². The third-order valence-corrected chi connectivity index (χ3v) is 3.75. The van der Waals surface area contributed by atoms with Gasteiger partial charge in [-0.05, 0) is 42.9 Å². The first-order valence-electron chi connectivity index (χ1n) is 8.96. The fourth-order valence-electron chi connectivity index (χ4n) is 2.30. The lowest BCUT2D eigenvalue weighted by Gasteiger charge is -2.14. The Bertz CT molecular complexity index is 588. The van der Waals surface area contributed by atoms with E-state index in [1.54, 1.807) is 12.1 Å².